The summed E-state index contributed by atoms with van der Waals surface area (Å²) < 4.78 is 10.6. The van der Waals surface area contributed by atoms with Crippen LogP contribution in [-0.4, -0.2) is 40.4 Å². The van der Waals surface area contributed by atoms with Gasteiger partial charge in [0.25, 0.3) is 5.91 Å². The van der Waals surface area contributed by atoms with Crippen LogP contribution >= 0.6 is 0 Å². The van der Waals surface area contributed by atoms with Gasteiger partial charge < -0.3 is 19.7 Å². The van der Waals surface area contributed by atoms with Gasteiger partial charge in [0.05, 0.1) is 19.3 Å². The fraction of sp³-hybridized carbons (Fsp3) is 0.526. The molecule has 2 N–H and O–H groups in total. The molecule has 1 aliphatic carbocycles. The molecule has 2 aliphatic rings. The first kappa shape index (κ1) is 17.2. The van der Waals surface area contributed by atoms with Gasteiger partial charge >= 0.3 is 0 Å². The second-order valence-electron chi connectivity index (χ2n) is 7.17. The Morgan fingerprint density at radius 3 is 3.04 bits per heavy atom. The highest BCUT2D eigenvalue weighted by atomic mass is 16.5. The van der Waals surface area contributed by atoms with E-state index < -0.39 is 6.10 Å². The molecule has 0 radical (unpaired) electrons. The maximum Gasteiger partial charge on any atom is 0.251 e. The molecule has 7 heteroatoms. The summed E-state index contributed by atoms with van der Waals surface area (Å²) in [5, 5.41) is 17.1. The Kier molecular flexibility index (Phi) is 4.74. The zero-order valence-electron chi connectivity index (χ0n) is 14.8. The average molecular weight is 357 g/mol. The number of amides is 1. The van der Waals surface area contributed by atoms with Crippen molar-refractivity contribution in [2.45, 2.75) is 44.8 Å². The fourth-order valence-electron chi connectivity index (χ4n) is 3.83. The molecule has 4 rings (SSSR count). The van der Waals surface area contributed by atoms with Gasteiger partial charge in [0, 0.05) is 23.9 Å². The van der Waals surface area contributed by atoms with E-state index in [4.69, 9.17) is 9.26 Å². The van der Waals surface area contributed by atoms with Gasteiger partial charge in [-0.05, 0) is 49.4 Å². The van der Waals surface area contributed by atoms with E-state index in [1.54, 1.807) is 6.92 Å². The summed E-state index contributed by atoms with van der Waals surface area (Å²) in [4.78, 5) is 16.7. The number of aliphatic hydroxyl groups excluding tert-OH is 1. The SMILES string of the molecule is Cc1noc([C@H]2C[C@H](CNC(=O)c3ccc4c(c3)CCOC4)[C@H](O)C2)n1. The Labute approximate surface area is 151 Å². The monoisotopic (exact) mass is 357 g/mol. The Hall–Kier alpha value is -2.25. The minimum absolute atomic E-state index is 0.0119. The molecule has 0 bridgehead atoms. The van der Waals surface area contributed by atoms with Gasteiger partial charge in [0.2, 0.25) is 5.89 Å². The highest BCUT2D eigenvalue weighted by Gasteiger charge is 2.36. The second kappa shape index (κ2) is 7.17. The van der Waals surface area contributed by atoms with Crippen molar-refractivity contribution in [3.8, 4) is 0 Å². The van der Waals surface area contributed by atoms with Crippen molar-refractivity contribution in [1.29, 1.82) is 0 Å². The summed E-state index contributed by atoms with van der Waals surface area (Å²) >= 11 is 0. The van der Waals surface area contributed by atoms with Crippen LogP contribution in [0.15, 0.2) is 22.7 Å². The van der Waals surface area contributed by atoms with Crippen LogP contribution in [0, 0.1) is 12.8 Å². The number of carbonyl (C=O) groups is 1. The third kappa shape index (κ3) is 3.50. The molecule has 26 heavy (non-hydrogen) atoms. The predicted molar refractivity (Wildman–Crippen MR) is 92.6 cm³/mol. The van der Waals surface area contributed by atoms with Gasteiger partial charge in [-0.25, -0.2) is 0 Å². The van der Waals surface area contributed by atoms with Crippen molar-refractivity contribution < 1.29 is 19.2 Å². The molecule has 2 aromatic rings. The summed E-state index contributed by atoms with van der Waals surface area (Å²) in [5.41, 5.74) is 2.98. The van der Waals surface area contributed by atoms with Crippen LogP contribution < -0.4 is 5.32 Å². The van der Waals surface area contributed by atoms with Crippen LogP contribution in [0.25, 0.3) is 0 Å². The smallest absolute Gasteiger partial charge is 0.251 e. The summed E-state index contributed by atoms with van der Waals surface area (Å²) in [6.45, 7) is 3.52. The maximum atomic E-state index is 12.5. The Balaban J connectivity index is 1.35. The number of aromatic nitrogens is 2. The van der Waals surface area contributed by atoms with Gasteiger partial charge in [0.15, 0.2) is 5.82 Å². The lowest BCUT2D eigenvalue weighted by Crippen LogP contribution is -2.32. The molecule has 0 saturated heterocycles. The number of ether oxygens (including phenoxy) is 1. The third-order valence-corrected chi connectivity index (χ3v) is 5.32. The second-order valence-corrected chi connectivity index (χ2v) is 7.17. The number of hydrogen-bond donors (Lipinski definition) is 2. The number of rotatable bonds is 4. The quantitative estimate of drug-likeness (QED) is 0.865. The van der Waals surface area contributed by atoms with Crippen LogP contribution in [0.1, 0.15) is 52.0 Å². The van der Waals surface area contributed by atoms with E-state index in [1.807, 2.05) is 18.2 Å². The minimum atomic E-state index is -0.479. The molecular formula is C19H23N3O4. The largest absolute Gasteiger partial charge is 0.393 e. The summed E-state index contributed by atoms with van der Waals surface area (Å²) in [5.74, 6) is 1.11. The Bertz CT molecular complexity index is 804. The molecule has 2 heterocycles. The molecule has 7 nitrogen and oxygen atoms in total. The zero-order valence-corrected chi connectivity index (χ0v) is 14.8. The number of carbonyl (C=O) groups excluding carboxylic acids is 1. The number of fused-ring (bicyclic) bond motifs is 1. The maximum absolute atomic E-state index is 12.5. The highest BCUT2D eigenvalue weighted by molar-refractivity contribution is 5.94. The highest BCUT2D eigenvalue weighted by Crippen LogP contribution is 2.37. The lowest BCUT2D eigenvalue weighted by atomic mass is 9.99. The van der Waals surface area contributed by atoms with Crippen molar-refractivity contribution in [3.63, 3.8) is 0 Å². The zero-order chi connectivity index (χ0) is 18.1. The van der Waals surface area contributed by atoms with Crippen LogP contribution in [0.4, 0.5) is 0 Å². The summed E-state index contributed by atoms with van der Waals surface area (Å²) in [6, 6.07) is 5.74. The fourth-order valence-corrected chi connectivity index (χ4v) is 3.83. The molecule has 1 aliphatic heterocycles. The lowest BCUT2D eigenvalue weighted by Gasteiger charge is -2.18. The van der Waals surface area contributed by atoms with Gasteiger partial charge in [0.1, 0.15) is 0 Å². The first-order chi connectivity index (χ1) is 12.6. The van der Waals surface area contributed by atoms with Crippen molar-refractivity contribution in [3.05, 3.63) is 46.6 Å². The number of aryl methyl sites for hydroxylation is 1. The normalized spacial score (nSPS) is 25.1. The summed E-state index contributed by atoms with van der Waals surface area (Å²) in [7, 11) is 0. The number of nitrogens with one attached hydrogen (secondary N) is 1. The molecule has 3 atom stereocenters. The van der Waals surface area contributed by atoms with E-state index in [0.717, 1.165) is 18.4 Å². The number of benzene rings is 1. The van der Waals surface area contributed by atoms with Gasteiger partial charge in [-0.15, -0.1) is 0 Å². The van der Waals surface area contributed by atoms with Crippen molar-refractivity contribution in [2.24, 2.45) is 5.92 Å². The minimum Gasteiger partial charge on any atom is -0.393 e. The van der Waals surface area contributed by atoms with E-state index in [9.17, 15) is 9.90 Å². The van der Waals surface area contributed by atoms with Crippen molar-refractivity contribution in [1.82, 2.24) is 15.5 Å². The Morgan fingerprint density at radius 2 is 2.23 bits per heavy atom. The molecule has 0 unspecified atom stereocenters. The van der Waals surface area contributed by atoms with Crippen molar-refractivity contribution in [2.75, 3.05) is 13.2 Å². The third-order valence-electron chi connectivity index (χ3n) is 5.32. The van der Waals surface area contributed by atoms with Gasteiger partial charge in [-0.1, -0.05) is 11.2 Å². The molecular weight excluding hydrogens is 334 g/mol. The first-order valence-electron chi connectivity index (χ1n) is 9.06. The van der Waals surface area contributed by atoms with Crippen LogP contribution in [0.2, 0.25) is 0 Å². The lowest BCUT2D eigenvalue weighted by molar-refractivity contribution is 0.0914. The van der Waals surface area contributed by atoms with Crippen LogP contribution in [0.3, 0.4) is 0 Å². The molecule has 1 aromatic carbocycles. The molecule has 1 saturated carbocycles. The molecule has 1 amide bonds. The molecule has 138 valence electrons. The van der Waals surface area contributed by atoms with E-state index in [1.165, 1.54) is 5.56 Å². The van der Waals surface area contributed by atoms with E-state index in [0.29, 0.717) is 43.5 Å². The average Bonchev–Trinajstić information content (AvgIpc) is 3.25. The van der Waals surface area contributed by atoms with E-state index in [2.05, 4.69) is 15.5 Å². The van der Waals surface area contributed by atoms with E-state index in [-0.39, 0.29) is 17.7 Å². The standard InChI is InChI=1S/C19H23N3O4/c1-11-21-19(26-22-11)15-7-16(17(23)8-15)9-20-18(24)13-2-3-14-10-25-5-4-12(14)6-13/h2-3,6,15-17,23H,4-5,7-10H2,1H3,(H,20,24)/t15-,16+,17+/m0/s1. The first-order valence-corrected chi connectivity index (χ1v) is 9.06. The predicted octanol–water partition coefficient (Wildman–Crippen LogP) is 1.74. The van der Waals surface area contributed by atoms with Crippen LogP contribution in [0.5, 0.6) is 0 Å². The van der Waals surface area contributed by atoms with Gasteiger partial charge in [-0.3, -0.25) is 4.79 Å². The van der Waals surface area contributed by atoms with Crippen LogP contribution in [-0.2, 0) is 17.8 Å². The topological polar surface area (TPSA) is 97.5 Å². The molecule has 1 aromatic heterocycles. The summed E-state index contributed by atoms with van der Waals surface area (Å²) in [6.07, 6.45) is 1.67. The molecule has 0 spiro atoms. The number of hydrogen-bond acceptors (Lipinski definition) is 6. The van der Waals surface area contributed by atoms with E-state index >= 15 is 0 Å². The molecule has 1 fully saturated rings. The number of aliphatic hydroxyl groups is 1. The van der Waals surface area contributed by atoms with Crippen molar-refractivity contribution >= 4 is 5.91 Å². The van der Waals surface area contributed by atoms with Gasteiger partial charge in [-0.2, -0.15) is 4.98 Å². The number of nitrogens with zero attached hydrogens (tertiary/aromatic N) is 2. The Morgan fingerprint density at radius 1 is 1.35 bits per heavy atom.